The van der Waals surface area contributed by atoms with Crippen LogP contribution in [0.4, 0.5) is 5.13 Å². The second-order valence-corrected chi connectivity index (χ2v) is 8.49. The molecular formula is C25H17N3O3S. The van der Waals surface area contributed by atoms with Crippen molar-refractivity contribution in [3.8, 4) is 11.5 Å². The zero-order valence-electron chi connectivity index (χ0n) is 16.9. The van der Waals surface area contributed by atoms with Gasteiger partial charge in [-0.05, 0) is 34.5 Å². The van der Waals surface area contributed by atoms with Crippen LogP contribution in [0.2, 0.25) is 0 Å². The molecule has 1 aliphatic heterocycles. The maximum absolute atomic E-state index is 13.7. The predicted molar refractivity (Wildman–Crippen MR) is 124 cm³/mol. The lowest BCUT2D eigenvalue weighted by atomic mass is 10.1. The molecule has 7 heteroatoms. The van der Waals surface area contributed by atoms with E-state index in [-0.39, 0.29) is 12.7 Å². The Morgan fingerprint density at radius 3 is 2.66 bits per heavy atom. The van der Waals surface area contributed by atoms with Gasteiger partial charge in [-0.2, -0.15) is 0 Å². The van der Waals surface area contributed by atoms with Crippen molar-refractivity contribution >= 4 is 43.4 Å². The summed E-state index contributed by atoms with van der Waals surface area (Å²) in [5, 5.41) is 2.73. The van der Waals surface area contributed by atoms with Crippen molar-refractivity contribution in [3.63, 3.8) is 0 Å². The van der Waals surface area contributed by atoms with Crippen molar-refractivity contribution in [3.05, 3.63) is 90.3 Å². The number of pyridine rings is 1. The van der Waals surface area contributed by atoms with E-state index < -0.39 is 0 Å². The van der Waals surface area contributed by atoms with Gasteiger partial charge in [0, 0.05) is 30.1 Å². The molecule has 32 heavy (non-hydrogen) atoms. The Labute approximate surface area is 187 Å². The Morgan fingerprint density at radius 2 is 1.81 bits per heavy atom. The molecule has 5 aromatic rings. The van der Waals surface area contributed by atoms with Gasteiger partial charge in [-0.15, -0.1) is 0 Å². The average molecular weight is 439 g/mol. The van der Waals surface area contributed by atoms with Gasteiger partial charge in [0.15, 0.2) is 16.6 Å². The number of ether oxygens (including phenoxy) is 2. The van der Waals surface area contributed by atoms with Crippen LogP contribution in [-0.2, 0) is 6.54 Å². The van der Waals surface area contributed by atoms with Gasteiger partial charge in [0.1, 0.15) is 0 Å². The number of hydrogen-bond donors (Lipinski definition) is 0. The van der Waals surface area contributed by atoms with Crippen LogP contribution in [0.25, 0.3) is 21.0 Å². The summed E-state index contributed by atoms with van der Waals surface area (Å²) >= 11 is 1.46. The maximum atomic E-state index is 13.7. The normalized spacial score (nSPS) is 12.4. The molecule has 3 heterocycles. The number of rotatable bonds is 4. The van der Waals surface area contributed by atoms with E-state index in [1.807, 2.05) is 66.7 Å². The van der Waals surface area contributed by atoms with Gasteiger partial charge < -0.3 is 9.47 Å². The standard InChI is InChI=1S/C25H17N3O3S/c29-24(19-8-7-17-5-1-2-6-18(17)10-19)28(14-16-4-3-9-26-13-16)25-27-20-11-21-22(31-15-30-21)12-23(20)32-25/h1-13H,14-15H2. The first kappa shape index (κ1) is 18.8. The summed E-state index contributed by atoms with van der Waals surface area (Å²) in [6, 6.07) is 21.4. The molecule has 0 saturated heterocycles. The third-order valence-electron chi connectivity index (χ3n) is 5.41. The third kappa shape index (κ3) is 3.33. The molecule has 2 aromatic heterocycles. The van der Waals surface area contributed by atoms with Crippen LogP contribution in [0, 0.1) is 0 Å². The molecule has 3 aromatic carbocycles. The first-order chi connectivity index (χ1) is 15.7. The third-order valence-corrected chi connectivity index (χ3v) is 6.45. The topological polar surface area (TPSA) is 64.6 Å². The van der Waals surface area contributed by atoms with E-state index in [9.17, 15) is 4.79 Å². The minimum absolute atomic E-state index is 0.112. The van der Waals surface area contributed by atoms with E-state index in [0.29, 0.717) is 28.7 Å². The first-order valence-corrected chi connectivity index (χ1v) is 11.0. The van der Waals surface area contributed by atoms with Crippen molar-refractivity contribution in [2.24, 2.45) is 0 Å². The summed E-state index contributed by atoms with van der Waals surface area (Å²) < 4.78 is 11.9. The van der Waals surface area contributed by atoms with Gasteiger partial charge in [0.25, 0.3) is 5.91 Å². The van der Waals surface area contributed by atoms with Crippen LogP contribution in [0.3, 0.4) is 0 Å². The highest BCUT2D eigenvalue weighted by Crippen LogP contribution is 2.40. The van der Waals surface area contributed by atoms with E-state index >= 15 is 0 Å². The van der Waals surface area contributed by atoms with Gasteiger partial charge in [-0.1, -0.05) is 47.7 Å². The molecule has 156 valence electrons. The number of carbonyl (C=O) groups excluding carboxylic acids is 1. The molecule has 1 aliphatic rings. The van der Waals surface area contributed by atoms with Gasteiger partial charge in [-0.3, -0.25) is 14.7 Å². The molecule has 1 amide bonds. The lowest BCUT2D eigenvalue weighted by molar-refractivity contribution is 0.0985. The molecular weight excluding hydrogens is 422 g/mol. The predicted octanol–water partition coefficient (Wildman–Crippen LogP) is 5.42. The number of amides is 1. The molecule has 0 bridgehead atoms. The number of thiazole rings is 1. The molecule has 0 saturated carbocycles. The summed E-state index contributed by atoms with van der Waals surface area (Å²) in [6.45, 7) is 0.582. The van der Waals surface area contributed by atoms with Crippen molar-refractivity contribution in [1.82, 2.24) is 9.97 Å². The summed E-state index contributed by atoms with van der Waals surface area (Å²) in [4.78, 5) is 24.4. The van der Waals surface area contributed by atoms with E-state index in [1.54, 1.807) is 17.3 Å². The zero-order valence-corrected chi connectivity index (χ0v) is 17.7. The summed E-state index contributed by atoms with van der Waals surface area (Å²) in [5.74, 6) is 1.26. The first-order valence-electron chi connectivity index (χ1n) is 10.1. The lowest BCUT2D eigenvalue weighted by Gasteiger charge is -2.20. The molecule has 6 rings (SSSR count). The number of anilines is 1. The fraction of sp³-hybridized carbons (Fsp3) is 0.0800. The second-order valence-electron chi connectivity index (χ2n) is 7.48. The SMILES string of the molecule is O=C(c1ccc2ccccc2c1)N(Cc1cccnc1)c1nc2cc3c(cc2s1)OCO3. The van der Waals surface area contributed by atoms with Crippen LogP contribution in [0.15, 0.2) is 79.1 Å². The fourth-order valence-corrected chi connectivity index (χ4v) is 4.77. The average Bonchev–Trinajstić information content (AvgIpc) is 3.46. The van der Waals surface area contributed by atoms with E-state index in [0.717, 1.165) is 26.6 Å². The Hall–Kier alpha value is -3.97. The quantitative estimate of drug-likeness (QED) is 0.374. The van der Waals surface area contributed by atoms with Crippen molar-refractivity contribution in [2.75, 3.05) is 11.7 Å². The highest BCUT2D eigenvalue weighted by atomic mass is 32.1. The zero-order chi connectivity index (χ0) is 21.5. The van der Waals surface area contributed by atoms with Crippen LogP contribution >= 0.6 is 11.3 Å². The monoisotopic (exact) mass is 439 g/mol. The number of nitrogens with zero attached hydrogens (tertiary/aromatic N) is 3. The van der Waals surface area contributed by atoms with Crippen LogP contribution in [-0.4, -0.2) is 22.7 Å². The highest BCUT2D eigenvalue weighted by Gasteiger charge is 2.24. The van der Waals surface area contributed by atoms with Crippen LogP contribution in [0.5, 0.6) is 11.5 Å². The highest BCUT2D eigenvalue weighted by molar-refractivity contribution is 7.22. The Morgan fingerprint density at radius 1 is 0.969 bits per heavy atom. The van der Waals surface area contributed by atoms with Crippen molar-refractivity contribution in [1.29, 1.82) is 0 Å². The van der Waals surface area contributed by atoms with E-state index in [1.165, 1.54) is 11.3 Å². The molecule has 0 atom stereocenters. The minimum atomic E-state index is -0.112. The van der Waals surface area contributed by atoms with E-state index in [2.05, 4.69) is 4.98 Å². The number of benzene rings is 3. The number of carbonyl (C=O) groups is 1. The largest absolute Gasteiger partial charge is 0.454 e. The Kier molecular flexibility index (Phi) is 4.47. The Bertz CT molecular complexity index is 1420. The molecule has 0 fully saturated rings. The molecule has 6 nitrogen and oxygen atoms in total. The number of fused-ring (bicyclic) bond motifs is 3. The van der Waals surface area contributed by atoms with Crippen molar-refractivity contribution in [2.45, 2.75) is 6.54 Å². The van der Waals surface area contributed by atoms with Gasteiger partial charge in [0.05, 0.1) is 16.8 Å². The van der Waals surface area contributed by atoms with Gasteiger partial charge in [-0.25, -0.2) is 4.98 Å². The molecule has 0 unspecified atom stereocenters. The van der Waals surface area contributed by atoms with Crippen molar-refractivity contribution < 1.29 is 14.3 Å². The molecule has 0 aliphatic carbocycles. The second kappa shape index (κ2) is 7.62. The Balaban J connectivity index is 1.43. The van der Waals surface area contributed by atoms with Gasteiger partial charge >= 0.3 is 0 Å². The van der Waals surface area contributed by atoms with Crippen LogP contribution < -0.4 is 14.4 Å². The van der Waals surface area contributed by atoms with Crippen LogP contribution in [0.1, 0.15) is 15.9 Å². The molecule has 0 N–H and O–H groups in total. The molecule has 0 radical (unpaired) electrons. The maximum Gasteiger partial charge on any atom is 0.260 e. The molecule has 0 spiro atoms. The fourth-order valence-electron chi connectivity index (χ4n) is 3.80. The van der Waals surface area contributed by atoms with Gasteiger partial charge in [0.2, 0.25) is 6.79 Å². The minimum Gasteiger partial charge on any atom is -0.454 e. The summed E-state index contributed by atoms with van der Waals surface area (Å²) in [7, 11) is 0. The number of hydrogen-bond acceptors (Lipinski definition) is 6. The smallest absolute Gasteiger partial charge is 0.260 e. The lowest BCUT2D eigenvalue weighted by Crippen LogP contribution is -2.30. The summed E-state index contributed by atoms with van der Waals surface area (Å²) in [5.41, 5.74) is 2.31. The van der Waals surface area contributed by atoms with E-state index in [4.69, 9.17) is 14.5 Å². The summed E-state index contributed by atoms with van der Waals surface area (Å²) in [6.07, 6.45) is 3.49. The number of aromatic nitrogens is 2.